The van der Waals surface area contributed by atoms with E-state index in [-0.39, 0.29) is 11.6 Å². The van der Waals surface area contributed by atoms with E-state index in [1.54, 1.807) is 18.4 Å². The lowest BCUT2D eigenvalue weighted by Crippen LogP contribution is -2.27. The summed E-state index contributed by atoms with van der Waals surface area (Å²) >= 11 is 1.57. The summed E-state index contributed by atoms with van der Waals surface area (Å²) in [5.74, 6) is -0.327. The summed E-state index contributed by atoms with van der Waals surface area (Å²) in [5.41, 5.74) is 0.143. The molecular formula is C15H23NO3S. The van der Waals surface area contributed by atoms with Crippen LogP contribution in [0.4, 0.5) is 0 Å². The predicted octanol–water partition coefficient (Wildman–Crippen LogP) is 3.82. The van der Waals surface area contributed by atoms with E-state index in [1.165, 1.54) is 12.8 Å². The van der Waals surface area contributed by atoms with Crippen LogP contribution in [0.5, 0.6) is 0 Å². The van der Waals surface area contributed by atoms with Crippen LogP contribution in [0.15, 0.2) is 0 Å². The molecule has 1 fully saturated rings. The van der Waals surface area contributed by atoms with Crippen LogP contribution in [-0.4, -0.2) is 24.7 Å². The highest BCUT2D eigenvalue weighted by Crippen LogP contribution is 2.41. The van der Waals surface area contributed by atoms with E-state index < -0.39 is 0 Å². The van der Waals surface area contributed by atoms with Gasteiger partial charge in [-0.1, -0.05) is 25.7 Å². The lowest BCUT2D eigenvalue weighted by molar-refractivity contribution is -0.0280. The second-order valence-electron chi connectivity index (χ2n) is 5.26. The molecule has 0 spiro atoms. The van der Waals surface area contributed by atoms with Gasteiger partial charge in [-0.3, -0.25) is 0 Å². The first-order valence-corrected chi connectivity index (χ1v) is 8.15. The van der Waals surface area contributed by atoms with E-state index in [0.717, 1.165) is 35.6 Å². The summed E-state index contributed by atoms with van der Waals surface area (Å²) < 4.78 is 10.9. The van der Waals surface area contributed by atoms with Gasteiger partial charge in [-0.25, -0.2) is 9.78 Å². The number of rotatable bonds is 4. The number of esters is 1. The van der Waals surface area contributed by atoms with E-state index in [4.69, 9.17) is 9.47 Å². The summed E-state index contributed by atoms with van der Waals surface area (Å²) in [6.07, 6.45) is 6.78. The fourth-order valence-electron chi connectivity index (χ4n) is 2.79. The van der Waals surface area contributed by atoms with Gasteiger partial charge in [0, 0.05) is 12.0 Å². The predicted molar refractivity (Wildman–Crippen MR) is 79.2 cm³/mol. The second kappa shape index (κ2) is 6.68. The van der Waals surface area contributed by atoms with Crippen LogP contribution >= 0.6 is 11.3 Å². The molecule has 20 heavy (non-hydrogen) atoms. The SMILES string of the molecule is CCOC(=O)c1nc(C2(OC)CCCCCC2)sc1C. The highest BCUT2D eigenvalue weighted by molar-refractivity contribution is 7.12. The zero-order valence-electron chi connectivity index (χ0n) is 12.5. The van der Waals surface area contributed by atoms with Gasteiger partial charge >= 0.3 is 5.97 Å². The Bertz CT molecular complexity index is 462. The molecule has 1 heterocycles. The average molecular weight is 297 g/mol. The quantitative estimate of drug-likeness (QED) is 0.626. The highest BCUT2D eigenvalue weighted by Gasteiger charge is 2.37. The third kappa shape index (κ3) is 3.04. The Morgan fingerprint density at radius 2 is 1.95 bits per heavy atom. The number of aryl methyl sites for hydroxylation is 1. The van der Waals surface area contributed by atoms with Crippen LogP contribution in [0.3, 0.4) is 0 Å². The summed E-state index contributed by atoms with van der Waals surface area (Å²) in [4.78, 5) is 17.4. The maximum Gasteiger partial charge on any atom is 0.358 e. The van der Waals surface area contributed by atoms with Gasteiger partial charge < -0.3 is 9.47 Å². The Morgan fingerprint density at radius 1 is 1.30 bits per heavy atom. The monoisotopic (exact) mass is 297 g/mol. The minimum atomic E-state index is -0.327. The highest BCUT2D eigenvalue weighted by atomic mass is 32.1. The Kier molecular flexibility index (Phi) is 5.16. The Labute approximate surface area is 124 Å². The molecule has 4 nitrogen and oxygen atoms in total. The maximum absolute atomic E-state index is 11.9. The van der Waals surface area contributed by atoms with Crippen molar-refractivity contribution in [3.05, 3.63) is 15.6 Å². The van der Waals surface area contributed by atoms with Crippen LogP contribution in [-0.2, 0) is 15.1 Å². The van der Waals surface area contributed by atoms with Crippen molar-refractivity contribution in [3.8, 4) is 0 Å². The molecule has 0 aliphatic heterocycles. The van der Waals surface area contributed by atoms with Crippen molar-refractivity contribution >= 4 is 17.3 Å². The van der Waals surface area contributed by atoms with Crippen molar-refractivity contribution in [1.82, 2.24) is 4.98 Å². The van der Waals surface area contributed by atoms with Crippen molar-refractivity contribution in [3.63, 3.8) is 0 Å². The van der Waals surface area contributed by atoms with Gasteiger partial charge in [-0.2, -0.15) is 0 Å². The van der Waals surface area contributed by atoms with Gasteiger partial charge in [-0.15, -0.1) is 11.3 Å². The zero-order chi connectivity index (χ0) is 14.6. The van der Waals surface area contributed by atoms with Gasteiger partial charge in [0.2, 0.25) is 0 Å². The van der Waals surface area contributed by atoms with E-state index in [0.29, 0.717) is 12.3 Å². The topological polar surface area (TPSA) is 48.4 Å². The third-order valence-corrected chi connectivity index (χ3v) is 5.11. The summed E-state index contributed by atoms with van der Waals surface area (Å²) in [6.45, 7) is 4.11. The fourth-order valence-corrected chi connectivity index (χ4v) is 3.91. The Balaban J connectivity index is 2.30. The number of hydrogen-bond donors (Lipinski definition) is 0. The number of carbonyl (C=O) groups is 1. The largest absolute Gasteiger partial charge is 0.461 e. The minimum absolute atomic E-state index is 0.309. The first kappa shape index (κ1) is 15.4. The molecule has 1 aromatic heterocycles. The maximum atomic E-state index is 11.9. The normalized spacial score (nSPS) is 18.6. The summed E-state index contributed by atoms with van der Waals surface area (Å²) in [7, 11) is 1.76. The molecule has 0 radical (unpaired) electrons. The molecule has 1 aliphatic rings. The van der Waals surface area contributed by atoms with Gasteiger partial charge in [0.25, 0.3) is 0 Å². The number of thiazole rings is 1. The third-order valence-electron chi connectivity index (χ3n) is 3.96. The molecular weight excluding hydrogens is 274 g/mol. The molecule has 0 bridgehead atoms. The molecule has 1 aromatic rings. The van der Waals surface area contributed by atoms with Crippen molar-refractivity contribution in [1.29, 1.82) is 0 Å². The number of aromatic nitrogens is 1. The number of ether oxygens (including phenoxy) is 2. The first-order valence-electron chi connectivity index (χ1n) is 7.33. The molecule has 0 unspecified atom stereocenters. The van der Waals surface area contributed by atoms with E-state index in [2.05, 4.69) is 4.98 Å². The van der Waals surface area contributed by atoms with Gasteiger partial charge in [0.15, 0.2) is 5.69 Å². The van der Waals surface area contributed by atoms with Crippen LogP contribution in [0, 0.1) is 6.92 Å². The van der Waals surface area contributed by atoms with Crippen molar-refractivity contribution in [2.75, 3.05) is 13.7 Å². The van der Waals surface area contributed by atoms with Crippen LogP contribution in [0.2, 0.25) is 0 Å². The Morgan fingerprint density at radius 3 is 2.50 bits per heavy atom. The number of nitrogens with zero attached hydrogens (tertiary/aromatic N) is 1. The molecule has 1 aliphatic carbocycles. The van der Waals surface area contributed by atoms with Gasteiger partial charge in [0.05, 0.1) is 6.61 Å². The van der Waals surface area contributed by atoms with Crippen LogP contribution in [0.25, 0.3) is 0 Å². The lowest BCUT2D eigenvalue weighted by atomic mass is 9.95. The molecule has 0 amide bonds. The molecule has 2 rings (SSSR count). The summed E-state index contributed by atoms with van der Waals surface area (Å²) in [5, 5.41) is 0.933. The molecule has 0 saturated heterocycles. The molecule has 1 saturated carbocycles. The smallest absolute Gasteiger partial charge is 0.358 e. The standard InChI is InChI=1S/C15H23NO3S/c1-4-19-13(17)12-11(2)20-14(16-12)15(18-3)9-7-5-6-8-10-15/h4-10H2,1-3H3. The van der Waals surface area contributed by atoms with Crippen molar-refractivity contribution in [2.24, 2.45) is 0 Å². The number of methoxy groups -OCH3 is 1. The van der Waals surface area contributed by atoms with Crippen LogP contribution < -0.4 is 0 Å². The molecule has 0 atom stereocenters. The lowest BCUT2D eigenvalue weighted by Gasteiger charge is -2.29. The van der Waals surface area contributed by atoms with Crippen LogP contribution in [0.1, 0.15) is 65.8 Å². The second-order valence-corrected chi connectivity index (χ2v) is 6.46. The summed E-state index contributed by atoms with van der Waals surface area (Å²) in [6, 6.07) is 0. The number of carbonyl (C=O) groups excluding carboxylic acids is 1. The van der Waals surface area contributed by atoms with E-state index >= 15 is 0 Å². The van der Waals surface area contributed by atoms with Crippen molar-refractivity contribution < 1.29 is 14.3 Å². The minimum Gasteiger partial charge on any atom is -0.461 e. The average Bonchev–Trinajstić information content (AvgIpc) is 2.69. The molecule has 5 heteroatoms. The molecule has 0 N–H and O–H groups in total. The number of hydrogen-bond acceptors (Lipinski definition) is 5. The zero-order valence-corrected chi connectivity index (χ0v) is 13.3. The first-order chi connectivity index (χ1) is 9.63. The molecule has 112 valence electrons. The van der Waals surface area contributed by atoms with E-state index in [1.807, 2.05) is 13.8 Å². The van der Waals surface area contributed by atoms with Crippen molar-refractivity contribution in [2.45, 2.75) is 58.0 Å². The van der Waals surface area contributed by atoms with Gasteiger partial charge in [-0.05, 0) is 26.7 Å². The Hall–Kier alpha value is -0.940. The van der Waals surface area contributed by atoms with E-state index in [9.17, 15) is 4.79 Å². The van der Waals surface area contributed by atoms with Gasteiger partial charge in [0.1, 0.15) is 10.6 Å². The fraction of sp³-hybridized carbons (Fsp3) is 0.733. The molecule has 0 aromatic carbocycles.